The molecular weight excluding hydrogens is 888 g/mol. The minimum Gasteiger partial charge on any atom is -0.508 e. The first-order chi connectivity index (χ1) is 32.1. The van der Waals surface area contributed by atoms with Gasteiger partial charge < -0.3 is 45.0 Å². The van der Waals surface area contributed by atoms with E-state index in [1.54, 1.807) is 68.4 Å². The van der Waals surface area contributed by atoms with Gasteiger partial charge in [0, 0.05) is 46.2 Å². The molecule has 3 atom stereocenters. The molecule has 3 amide bonds. The van der Waals surface area contributed by atoms with E-state index in [4.69, 9.17) is 30.2 Å². The molecular formula is C52H65ClN6O9. The van der Waals surface area contributed by atoms with E-state index in [1.165, 1.54) is 12.5 Å². The molecule has 364 valence electrons. The number of benzene rings is 3. The number of phenols is 1. The molecule has 0 spiro atoms. The van der Waals surface area contributed by atoms with Crippen molar-refractivity contribution >= 4 is 35.1 Å². The van der Waals surface area contributed by atoms with Crippen molar-refractivity contribution in [2.75, 3.05) is 26.4 Å². The lowest BCUT2D eigenvalue weighted by Crippen LogP contribution is -2.74. The minimum absolute atomic E-state index is 0.172. The molecule has 2 fully saturated rings. The SMILES string of the molecule is Cc1ncoc1-c1ccc([C@](C)(NC(=O)C2CCCN2)C(=O)[C@@H](NC(=O)COCCCCCOc2ccc(C(=O)NC3C(C)(C)C(Oc4ccc(C#N)c(Cl)c4)C3(C)C)cc2)C(C)(C)C)c(O)c1. The van der Waals surface area contributed by atoms with E-state index in [9.17, 15) is 29.5 Å². The molecule has 3 aromatic carbocycles. The maximum absolute atomic E-state index is 14.7. The van der Waals surface area contributed by atoms with Gasteiger partial charge >= 0.3 is 0 Å². The maximum Gasteiger partial charge on any atom is 0.251 e. The number of nitrogens with one attached hydrogen (secondary N) is 4. The highest BCUT2D eigenvalue weighted by Gasteiger charge is 2.64. The second kappa shape index (κ2) is 21.1. The molecule has 16 heteroatoms. The monoisotopic (exact) mass is 952 g/mol. The smallest absolute Gasteiger partial charge is 0.251 e. The molecule has 1 saturated carbocycles. The third kappa shape index (κ3) is 11.5. The van der Waals surface area contributed by atoms with Gasteiger partial charge in [0.25, 0.3) is 5.91 Å². The molecule has 1 unspecified atom stereocenters. The summed E-state index contributed by atoms with van der Waals surface area (Å²) in [6, 6.07) is 17.1. The van der Waals surface area contributed by atoms with Gasteiger partial charge in [-0.05, 0) is 100 Å². The van der Waals surface area contributed by atoms with Gasteiger partial charge in [-0.3, -0.25) is 19.2 Å². The predicted molar refractivity (Wildman–Crippen MR) is 257 cm³/mol. The summed E-state index contributed by atoms with van der Waals surface area (Å²) in [5.41, 5.74) is -1.08. The van der Waals surface area contributed by atoms with Crippen LogP contribution in [0.15, 0.2) is 71.5 Å². The number of oxazole rings is 1. The number of ketones is 1. The number of carbonyl (C=O) groups is 4. The highest BCUT2D eigenvalue weighted by molar-refractivity contribution is 6.31. The number of hydrogen-bond donors (Lipinski definition) is 5. The van der Waals surface area contributed by atoms with Crippen molar-refractivity contribution in [3.63, 3.8) is 0 Å². The number of unbranched alkanes of at least 4 members (excludes halogenated alkanes) is 2. The quantitative estimate of drug-likeness (QED) is 0.0534. The molecule has 4 aromatic rings. The number of aromatic nitrogens is 1. The lowest BCUT2D eigenvalue weighted by Gasteiger charge is -2.63. The zero-order chi connectivity index (χ0) is 49.6. The number of aromatic hydroxyl groups is 1. The summed E-state index contributed by atoms with van der Waals surface area (Å²) < 4.78 is 23.5. The fourth-order valence-corrected chi connectivity index (χ4v) is 9.91. The lowest BCUT2D eigenvalue weighted by molar-refractivity contribution is -0.164. The van der Waals surface area contributed by atoms with E-state index in [0.29, 0.717) is 77.3 Å². The van der Waals surface area contributed by atoms with Crippen LogP contribution in [0, 0.1) is 34.5 Å². The number of phenolic OH excluding ortho intramolecular Hbond substituents is 1. The van der Waals surface area contributed by atoms with Crippen molar-refractivity contribution in [3.8, 4) is 34.6 Å². The standard InChI is InChI=1S/C52H65ClN6O9/c1-31-42(67-30-56-31)33-18-22-37(40(60)26-33)52(9,59-46(64)39-14-13-23-55-39)44(62)43(49(2,3)4)57-41(61)29-65-24-11-10-12-25-66-35-19-15-32(16-20-35)45(63)58-47-50(5,6)48(51(47,7)8)68-36-21-17-34(28-54)38(53)27-36/h15-22,26-27,30,39,43,47-48,55,60H,10-14,23-25,29H2,1-9H3,(H,57,61)(H,58,63)(H,59,64)/t39?,43-,47?,48?,52+/m1/s1. The summed E-state index contributed by atoms with van der Waals surface area (Å²) >= 11 is 6.24. The fourth-order valence-electron chi connectivity index (χ4n) is 9.70. The van der Waals surface area contributed by atoms with E-state index in [2.05, 4.69) is 60.0 Å². The van der Waals surface area contributed by atoms with Crippen LogP contribution in [0.3, 0.4) is 0 Å². The van der Waals surface area contributed by atoms with Crippen LogP contribution in [-0.4, -0.2) is 84.2 Å². The van der Waals surface area contributed by atoms with Crippen molar-refractivity contribution in [1.29, 1.82) is 5.26 Å². The lowest BCUT2D eigenvalue weighted by atomic mass is 9.49. The van der Waals surface area contributed by atoms with Crippen molar-refractivity contribution < 1.29 is 42.9 Å². The highest BCUT2D eigenvalue weighted by atomic mass is 35.5. The van der Waals surface area contributed by atoms with E-state index < -0.39 is 45.6 Å². The third-order valence-corrected chi connectivity index (χ3v) is 13.5. The van der Waals surface area contributed by atoms with Crippen LogP contribution >= 0.6 is 11.6 Å². The highest BCUT2D eigenvalue weighted by Crippen LogP contribution is 2.55. The Morgan fingerprint density at radius 1 is 0.971 bits per heavy atom. The summed E-state index contributed by atoms with van der Waals surface area (Å²) in [4.78, 5) is 59.2. The van der Waals surface area contributed by atoms with Gasteiger partial charge in [0.1, 0.15) is 41.6 Å². The Labute approximate surface area is 404 Å². The number of carbonyl (C=O) groups excluding carboxylic acids is 4. The van der Waals surface area contributed by atoms with Crippen molar-refractivity contribution in [2.24, 2.45) is 16.2 Å². The van der Waals surface area contributed by atoms with Crippen LogP contribution in [0.1, 0.15) is 115 Å². The maximum atomic E-state index is 14.7. The minimum atomic E-state index is -1.73. The number of Topliss-reactive ketones (excluding diaryl/α,β-unsaturated/α-hetero) is 1. The first-order valence-corrected chi connectivity index (χ1v) is 23.6. The van der Waals surface area contributed by atoms with E-state index >= 15 is 0 Å². The largest absolute Gasteiger partial charge is 0.508 e. The first-order valence-electron chi connectivity index (χ1n) is 23.2. The number of aryl methyl sites for hydroxylation is 1. The van der Waals surface area contributed by atoms with Crippen LogP contribution in [-0.2, 0) is 24.7 Å². The van der Waals surface area contributed by atoms with Crippen molar-refractivity contribution in [3.05, 3.63) is 94.5 Å². The normalized spacial score (nSPS) is 19.6. The van der Waals surface area contributed by atoms with Crippen LogP contribution in [0.4, 0.5) is 0 Å². The second-order valence-corrected chi connectivity index (χ2v) is 20.7. The molecule has 1 aliphatic carbocycles. The molecule has 1 aliphatic heterocycles. The molecule has 1 aromatic heterocycles. The van der Waals surface area contributed by atoms with E-state index in [1.807, 2.05) is 20.8 Å². The summed E-state index contributed by atoms with van der Waals surface area (Å²) in [5, 5.41) is 33.1. The van der Waals surface area contributed by atoms with Gasteiger partial charge in [0.2, 0.25) is 11.8 Å². The summed E-state index contributed by atoms with van der Waals surface area (Å²) in [5.74, 6) is -0.133. The summed E-state index contributed by atoms with van der Waals surface area (Å²) in [6.07, 6.45) is 4.67. The average Bonchev–Trinajstić information content (AvgIpc) is 3.99. The van der Waals surface area contributed by atoms with Gasteiger partial charge in [0.15, 0.2) is 17.9 Å². The molecule has 0 bridgehead atoms. The molecule has 68 heavy (non-hydrogen) atoms. The zero-order valence-electron chi connectivity index (χ0n) is 40.5. The molecule has 6 rings (SSSR count). The van der Waals surface area contributed by atoms with Gasteiger partial charge in [0.05, 0.1) is 35.0 Å². The van der Waals surface area contributed by atoms with Crippen LogP contribution < -0.4 is 30.7 Å². The fraction of sp³-hybridized carbons (Fsp3) is 0.500. The van der Waals surface area contributed by atoms with Gasteiger partial charge in [-0.2, -0.15) is 5.26 Å². The number of hydrogen-bond acceptors (Lipinski definition) is 12. The number of ether oxygens (including phenoxy) is 3. The van der Waals surface area contributed by atoms with E-state index in [0.717, 1.165) is 19.3 Å². The van der Waals surface area contributed by atoms with Crippen LogP contribution in [0.5, 0.6) is 17.2 Å². The Bertz CT molecular complexity index is 2490. The molecule has 5 N–H and O–H groups in total. The number of amides is 3. The predicted octanol–water partition coefficient (Wildman–Crippen LogP) is 7.94. The third-order valence-electron chi connectivity index (χ3n) is 13.2. The number of nitriles is 1. The molecule has 2 heterocycles. The molecule has 2 aliphatic rings. The molecule has 0 radical (unpaired) electrons. The Kier molecular flexibility index (Phi) is 16.0. The van der Waals surface area contributed by atoms with Crippen molar-refractivity contribution in [1.82, 2.24) is 26.3 Å². The molecule has 1 saturated heterocycles. The number of nitrogens with zero attached hydrogens (tertiary/aromatic N) is 2. The number of halogens is 1. The Morgan fingerprint density at radius 3 is 2.26 bits per heavy atom. The number of rotatable bonds is 20. The van der Waals surface area contributed by atoms with Crippen LogP contribution in [0.2, 0.25) is 5.02 Å². The molecule has 15 nitrogen and oxygen atoms in total. The van der Waals surface area contributed by atoms with E-state index in [-0.39, 0.29) is 41.9 Å². The Balaban J connectivity index is 0.950. The van der Waals surface area contributed by atoms with Crippen molar-refractivity contribution in [2.45, 2.75) is 124 Å². The Hall–Kier alpha value is -5.95. The topological polar surface area (TPSA) is 214 Å². The second-order valence-electron chi connectivity index (χ2n) is 20.3. The summed E-state index contributed by atoms with van der Waals surface area (Å²) in [6.45, 7) is 18.2. The van der Waals surface area contributed by atoms with Crippen LogP contribution in [0.25, 0.3) is 11.3 Å². The Morgan fingerprint density at radius 2 is 1.66 bits per heavy atom. The van der Waals surface area contributed by atoms with Gasteiger partial charge in [-0.25, -0.2) is 4.98 Å². The van der Waals surface area contributed by atoms with Gasteiger partial charge in [-0.1, -0.05) is 72.2 Å². The first kappa shape index (κ1) is 51.4. The summed E-state index contributed by atoms with van der Waals surface area (Å²) in [7, 11) is 0. The van der Waals surface area contributed by atoms with Gasteiger partial charge in [-0.15, -0.1) is 0 Å². The average molecular weight is 954 g/mol. The zero-order valence-corrected chi connectivity index (χ0v) is 41.3.